The lowest BCUT2D eigenvalue weighted by atomic mass is 9.89. The summed E-state index contributed by atoms with van der Waals surface area (Å²) in [6.07, 6.45) is 36.2. The van der Waals surface area contributed by atoms with Crippen molar-refractivity contribution in [3.63, 3.8) is 0 Å². The van der Waals surface area contributed by atoms with Crippen LogP contribution < -0.4 is 5.73 Å². The molecule has 0 radical (unpaired) electrons. The minimum absolute atomic E-state index is 0.0276. The molecule has 0 aliphatic heterocycles. The number of allylic oxidation sites excluding steroid dienone is 12. The first-order valence-electron chi connectivity index (χ1n) is 21.9. The minimum Gasteiger partial charge on any atom is -0.480 e. The van der Waals surface area contributed by atoms with Crippen LogP contribution in [0.5, 0.6) is 0 Å². The van der Waals surface area contributed by atoms with Gasteiger partial charge >= 0.3 is 25.7 Å². The molecule has 1 aliphatic carbocycles. The number of aliphatic carboxylic acids is 1. The highest BCUT2D eigenvalue weighted by atomic mass is 31.2. The van der Waals surface area contributed by atoms with Crippen molar-refractivity contribution in [3.05, 3.63) is 85.1 Å². The predicted octanol–water partition coefficient (Wildman–Crippen LogP) is 7.88. The molecule has 0 aromatic rings. The summed E-state index contributed by atoms with van der Waals surface area (Å²) in [5, 5.41) is 40.2. The van der Waals surface area contributed by atoms with Gasteiger partial charge in [-0.15, -0.1) is 0 Å². The molecule has 0 aromatic carbocycles. The molecule has 0 spiro atoms. The number of esters is 2. The van der Waals surface area contributed by atoms with Gasteiger partial charge in [0.15, 0.2) is 6.10 Å². The molecule has 0 heterocycles. The lowest BCUT2D eigenvalue weighted by molar-refractivity contribution is -0.161. The summed E-state index contributed by atoms with van der Waals surface area (Å²) in [5.74, 6) is -3.16. The molecule has 1 saturated carbocycles. The normalized spacial score (nSPS) is 21.2. The van der Waals surface area contributed by atoms with E-state index in [0.29, 0.717) is 38.5 Å². The Hall–Kier alpha value is -3.46. The van der Waals surface area contributed by atoms with Crippen molar-refractivity contribution in [2.75, 3.05) is 19.8 Å². The van der Waals surface area contributed by atoms with Gasteiger partial charge in [-0.2, -0.15) is 0 Å². The Balaban J connectivity index is 2.56. The van der Waals surface area contributed by atoms with Gasteiger partial charge in [-0.1, -0.05) is 118 Å². The average Bonchev–Trinajstić information content (AvgIpc) is 3.49. The number of carbonyl (C=O) groups excluding carboxylic acids is 2. The highest BCUT2D eigenvalue weighted by molar-refractivity contribution is 7.47. The number of aliphatic hydroxyl groups is 3. The minimum atomic E-state index is -4.80. The number of carbonyl (C=O) groups is 3. The van der Waals surface area contributed by atoms with Crippen LogP contribution in [0, 0.1) is 11.8 Å². The fourth-order valence-electron chi connectivity index (χ4n) is 6.21. The van der Waals surface area contributed by atoms with Crippen molar-refractivity contribution in [2.45, 2.75) is 153 Å². The average molecular weight is 880 g/mol. The number of nitrogens with two attached hydrogens (primary N) is 1. The third-order valence-corrected chi connectivity index (χ3v) is 10.6. The van der Waals surface area contributed by atoms with Crippen molar-refractivity contribution in [3.8, 4) is 0 Å². The highest BCUT2D eigenvalue weighted by Gasteiger charge is 2.39. The molecular formula is C46H74NO13P. The van der Waals surface area contributed by atoms with Gasteiger partial charge in [0.1, 0.15) is 12.6 Å². The Bertz CT molecular complexity index is 1470. The maximum absolute atomic E-state index is 12.7. The topological polar surface area (TPSA) is 232 Å². The van der Waals surface area contributed by atoms with Crippen LogP contribution in [0.3, 0.4) is 0 Å². The van der Waals surface area contributed by atoms with Crippen molar-refractivity contribution in [1.29, 1.82) is 0 Å². The Morgan fingerprint density at radius 3 is 1.89 bits per heavy atom. The van der Waals surface area contributed by atoms with Gasteiger partial charge in [0, 0.05) is 25.2 Å². The van der Waals surface area contributed by atoms with Crippen LogP contribution in [0.1, 0.15) is 123 Å². The molecule has 14 nitrogen and oxygen atoms in total. The molecule has 346 valence electrons. The quantitative estimate of drug-likeness (QED) is 0.0154. The number of unbranched alkanes of at least 4 members (excludes halogenated alkanes) is 4. The van der Waals surface area contributed by atoms with Crippen molar-refractivity contribution in [2.24, 2.45) is 17.6 Å². The van der Waals surface area contributed by atoms with Crippen molar-refractivity contribution < 1.29 is 62.8 Å². The van der Waals surface area contributed by atoms with Crippen molar-refractivity contribution in [1.82, 2.24) is 0 Å². The maximum Gasteiger partial charge on any atom is 0.472 e. The first-order valence-corrected chi connectivity index (χ1v) is 23.4. The molecule has 1 fully saturated rings. The molecular weight excluding hydrogens is 805 g/mol. The Labute approximate surface area is 363 Å². The SMILES string of the molecule is CC/C=C\C/C=C\C/C=C\C/C=C\C/C=C\CCCC(=O)O[C@H](COC(=O)CCC/C=C/C[C@@H]1[C@@H](/C=C/[C@@H](O)CCCCC)[C@H](O)C[C@@H]1O)COP(=O)(O)OC[C@H](N)C(=O)O. The lowest BCUT2D eigenvalue weighted by Gasteiger charge is -2.20. The van der Waals surface area contributed by atoms with E-state index in [0.717, 1.165) is 51.4 Å². The maximum atomic E-state index is 12.7. The van der Waals surface area contributed by atoms with Crippen LogP contribution in [-0.2, 0) is 37.5 Å². The molecule has 1 aliphatic rings. The van der Waals surface area contributed by atoms with E-state index in [1.165, 1.54) is 0 Å². The number of ether oxygens (including phenoxy) is 2. The van der Waals surface area contributed by atoms with Gasteiger partial charge in [-0.3, -0.25) is 23.4 Å². The zero-order valence-electron chi connectivity index (χ0n) is 36.3. The van der Waals surface area contributed by atoms with Crippen LogP contribution >= 0.6 is 7.82 Å². The molecule has 61 heavy (non-hydrogen) atoms. The lowest BCUT2D eigenvalue weighted by Crippen LogP contribution is -2.34. The van der Waals surface area contributed by atoms with Crippen LogP contribution in [-0.4, -0.2) is 93.5 Å². The Kier molecular flexibility index (Phi) is 31.9. The van der Waals surface area contributed by atoms with Gasteiger partial charge in [0.2, 0.25) is 0 Å². The van der Waals surface area contributed by atoms with E-state index in [1.54, 1.807) is 6.08 Å². The summed E-state index contributed by atoms with van der Waals surface area (Å²) < 4.78 is 32.6. The smallest absolute Gasteiger partial charge is 0.472 e. The molecule has 1 unspecified atom stereocenters. The second-order valence-electron chi connectivity index (χ2n) is 15.1. The number of phosphoric ester groups is 1. The number of phosphoric acid groups is 1. The van der Waals surface area contributed by atoms with E-state index >= 15 is 0 Å². The predicted molar refractivity (Wildman–Crippen MR) is 237 cm³/mol. The molecule has 0 amide bonds. The molecule has 0 bridgehead atoms. The molecule has 0 aromatic heterocycles. The van der Waals surface area contributed by atoms with E-state index in [-0.39, 0.29) is 31.1 Å². The Morgan fingerprint density at radius 2 is 1.30 bits per heavy atom. The summed E-state index contributed by atoms with van der Waals surface area (Å²) in [6.45, 7) is 2.26. The van der Waals surface area contributed by atoms with Gasteiger partial charge in [-0.05, 0) is 76.5 Å². The number of carboxylic acids is 1. The van der Waals surface area contributed by atoms with Gasteiger partial charge in [-0.25, -0.2) is 4.57 Å². The zero-order valence-corrected chi connectivity index (χ0v) is 37.2. The molecule has 7 N–H and O–H groups in total. The molecule has 1 rings (SSSR count). The molecule has 8 atom stereocenters. The third-order valence-electron chi connectivity index (χ3n) is 9.70. The number of hydrogen-bond donors (Lipinski definition) is 6. The Morgan fingerprint density at radius 1 is 0.738 bits per heavy atom. The van der Waals surface area contributed by atoms with E-state index in [2.05, 4.69) is 67.0 Å². The summed E-state index contributed by atoms with van der Waals surface area (Å²) in [6, 6.07) is -1.57. The van der Waals surface area contributed by atoms with Gasteiger partial charge in [0.05, 0.1) is 31.5 Å². The first-order chi connectivity index (χ1) is 29.3. The van der Waals surface area contributed by atoms with E-state index in [1.807, 2.05) is 30.4 Å². The fourth-order valence-corrected chi connectivity index (χ4v) is 6.99. The van der Waals surface area contributed by atoms with Crippen LogP contribution in [0.2, 0.25) is 0 Å². The number of rotatable bonds is 35. The third kappa shape index (κ3) is 29.5. The van der Waals surface area contributed by atoms with Gasteiger partial charge in [0.25, 0.3) is 0 Å². The standard InChI is InChI=1S/C46H74NO13P/c1-3-5-7-8-9-10-11-12-13-14-15-16-17-18-19-20-26-30-45(52)60-38(35-58-61(55,56)59-36-41(47)46(53)54)34-57-44(51)29-25-22-21-24-28-39-40(43(50)33-42(39)49)32-31-37(48)27-23-6-4-2/h5,7,9-10,12-13,15-16,18-19,21,24,31-32,37-43,48-50H,3-4,6,8,11,14,17,20,22-23,25-30,33-36,47H2,1-2H3,(H,53,54)(H,55,56)/b7-5-,10-9-,13-12-,16-15-,19-18-,24-21+,32-31+/t37-,38+,39+,40+,41-,42-,43+/m0/s1. The van der Waals surface area contributed by atoms with E-state index < -0.39 is 76.0 Å². The zero-order chi connectivity index (χ0) is 45.1. The molecule has 0 saturated heterocycles. The van der Waals surface area contributed by atoms with Crippen molar-refractivity contribution >= 4 is 25.7 Å². The highest BCUT2D eigenvalue weighted by Crippen LogP contribution is 2.43. The van der Waals surface area contributed by atoms with Crippen LogP contribution in [0.15, 0.2) is 85.1 Å². The number of aliphatic hydroxyl groups excluding tert-OH is 3. The largest absolute Gasteiger partial charge is 0.480 e. The summed E-state index contributed by atoms with van der Waals surface area (Å²) in [4.78, 5) is 46.2. The fraction of sp³-hybridized carbons (Fsp3) is 0.630. The summed E-state index contributed by atoms with van der Waals surface area (Å²) in [7, 11) is -4.80. The first kappa shape index (κ1) is 55.6. The van der Waals surface area contributed by atoms with Crippen LogP contribution in [0.25, 0.3) is 0 Å². The van der Waals surface area contributed by atoms with Crippen LogP contribution in [0.4, 0.5) is 0 Å². The van der Waals surface area contributed by atoms with E-state index in [4.69, 9.17) is 24.8 Å². The number of hydrogen-bond acceptors (Lipinski definition) is 12. The summed E-state index contributed by atoms with van der Waals surface area (Å²) in [5.41, 5.74) is 5.32. The van der Waals surface area contributed by atoms with Gasteiger partial charge < -0.3 is 40.5 Å². The summed E-state index contributed by atoms with van der Waals surface area (Å²) >= 11 is 0. The second kappa shape index (κ2) is 35.1. The second-order valence-corrected chi connectivity index (χ2v) is 16.5. The molecule has 15 heteroatoms. The number of carboxylic acid groups (broad SMARTS) is 1. The monoisotopic (exact) mass is 879 g/mol. The van der Waals surface area contributed by atoms with E-state index in [9.17, 15) is 39.2 Å².